The third-order valence-electron chi connectivity index (χ3n) is 5.24. The number of rotatable bonds is 2. The van der Waals surface area contributed by atoms with Gasteiger partial charge in [-0.05, 0) is 12.1 Å². The highest BCUT2D eigenvalue weighted by Crippen LogP contribution is 2.41. The number of Topliss-reactive ketones (excluding diaryl/α,β-unsaturated/α-hetero) is 1. The molecule has 0 saturated carbocycles. The third kappa shape index (κ3) is 2.80. The fraction of sp³-hybridized carbons (Fsp3) is 0.238. The monoisotopic (exact) mass is 393 g/mol. The van der Waals surface area contributed by atoms with Crippen LogP contribution in [0.15, 0.2) is 36.4 Å². The Bertz CT molecular complexity index is 1170. The summed E-state index contributed by atoms with van der Waals surface area (Å²) in [5, 5.41) is 20.6. The number of phenolic OH excluding ortho intramolecular Hbond substituents is 2. The van der Waals surface area contributed by atoms with Crippen molar-refractivity contribution in [2.45, 2.75) is 0 Å². The minimum Gasteiger partial charge on any atom is -0.508 e. The van der Waals surface area contributed by atoms with Crippen LogP contribution in [0.3, 0.4) is 0 Å². The number of morpholine rings is 1. The van der Waals surface area contributed by atoms with Gasteiger partial charge in [-0.3, -0.25) is 4.79 Å². The number of allylic oxidation sites excluding steroid dienone is 1. The van der Waals surface area contributed by atoms with Crippen LogP contribution in [0, 0.1) is 0 Å². The standard InChI is InChI=1S/C21H19N3O5/c1-23-11-12(8-17-20(27)19-15(26)9-13(25)10-16(19)29-17)18-14(2-3-22-21(18)23)24-4-6-28-7-5-24/h2-3,8-11,25-26H,4-7H2,1H3. The predicted molar refractivity (Wildman–Crippen MR) is 106 cm³/mol. The molecule has 0 spiro atoms. The molecule has 0 bridgehead atoms. The van der Waals surface area contributed by atoms with Crippen LogP contribution in [0.2, 0.25) is 0 Å². The molecule has 3 aromatic rings. The molecule has 2 aliphatic rings. The maximum atomic E-state index is 12.8. The van der Waals surface area contributed by atoms with Crippen LogP contribution >= 0.6 is 0 Å². The van der Waals surface area contributed by atoms with E-state index in [1.807, 2.05) is 23.9 Å². The molecule has 29 heavy (non-hydrogen) atoms. The number of ketones is 1. The third-order valence-corrected chi connectivity index (χ3v) is 5.24. The molecule has 2 aromatic heterocycles. The number of anilines is 1. The summed E-state index contributed by atoms with van der Waals surface area (Å²) in [4.78, 5) is 19.5. The van der Waals surface area contributed by atoms with Crippen molar-refractivity contribution in [3.63, 3.8) is 0 Å². The van der Waals surface area contributed by atoms with Crippen molar-refractivity contribution < 1.29 is 24.5 Å². The molecule has 8 heteroatoms. The number of aromatic hydroxyl groups is 2. The lowest BCUT2D eigenvalue weighted by atomic mass is 10.1. The Morgan fingerprint density at radius 2 is 2.00 bits per heavy atom. The Kier molecular flexibility index (Phi) is 3.95. The fourth-order valence-electron chi connectivity index (χ4n) is 3.92. The number of benzene rings is 1. The van der Waals surface area contributed by atoms with E-state index in [2.05, 4.69) is 9.88 Å². The maximum absolute atomic E-state index is 12.8. The highest BCUT2D eigenvalue weighted by atomic mass is 16.5. The summed E-state index contributed by atoms with van der Waals surface area (Å²) in [5.74, 6) is -0.664. The number of fused-ring (bicyclic) bond motifs is 2. The van der Waals surface area contributed by atoms with Crippen molar-refractivity contribution in [3.05, 3.63) is 47.5 Å². The van der Waals surface area contributed by atoms with E-state index in [1.54, 1.807) is 12.3 Å². The van der Waals surface area contributed by atoms with Crippen LogP contribution in [0.1, 0.15) is 15.9 Å². The quantitative estimate of drug-likeness (QED) is 0.646. The average molecular weight is 393 g/mol. The predicted octanol–water partition coefficient (Wildman–Crippen LogP) is 2.44. The number of hydrogen-bond donors (Lipinski definition) is 2. The molecule has 2 aliphatic heterocycles. The SMILES string of the molecule is Cn1cc(C=C2Oc3cc(O)cc(O)c3C2=O)c2c(N3CCOCC3)ccnc21. The smallest absolute Gasteiger partial charge is 0.235 e. The number of phenols is 2. The maximum Gasteiger partial charge on any atom is 0.235 e. The van der Waals surface area contributed by atoms with E-state index in [9.17, 15) is 15.0 Å². The van der Waals surface area contributed by atoms with Crippen LogP contribution in [-0.4, -0.2) is 51.9 Å². The van der Waals surface area contributed by atoms with Gasteiger partial charge < -0.3 is 29.2 Å². The van der Waals surface area contributed by atoms with Crippen LogP contribution in [0.25, 0.3) is 17.1 Å². The minimum absolute atomic E-state index is 0.0563. The number of pyridine rings is 1. The Labute approximate surface area is 166 Å². The van der Waals surface area contributed by atoms with Crippen molar-refractivity contribution in [1.29, 1.82) is 0 Å². The number of ether oxygens (including phenoxy) is 2. The summed E-state index contributed by atoms with van der Waals surface area (Å²) in [6, 6.07) is 4.41. The van der Waals surface area contributed by atoms with Gasteiger partial charge in [0.05, 0.1) is 18.9 Å². The van der Waals surface area contributed by atoms with E-state index < -0.39 is 5.78 Å². The molecule has 148 valence electrons. The molecule has 1 saturated heterocycles. The zero-order chi connectivity index (χ0) is 20.1. The fourth-order valence-corrected chi connectivity index (χ4v) is 3.92. The van der Waals surface area contributed by atoms with Gasteiger partial charge in [0.25, 0.3) is 0 Å². The summed E-state index contributed by atoms with van der Waals surface area (Å²) in [7, 11) is 1.90. The van der Waals surface area contributed by atoms with Gasteiger partial charge in [0.2, 0.25) is 5.78 Å². The number of hydrogen-bond acceptors (Lipinski definition) is 7. The molecule has 1 fully saturated rings. The second-order valence-corrected chi connectivity index (χ2v) is 7.10. The van der Waals surface area contributed by atoms with E-state index in [4.69, 9.17) is 9.47 Å². The topological polar surface area (TPSA) is 97.0 Å². The highest BCUT2D eigenvalue weighted by molar-refractivity contribution is 6.17. The molecule has 0 unspecified atom stereocenters. The molecule has 0 amide bonds. The molecule has 5 rings (SSSR count). The highest BCUT2D eigenvalue weighted by Gasteiger charge is 2.32. The summed E-state index contributed by atoms with van der Waals surface area (Å²) in [6.07, 6.45) is 5.33. The molecule has 2 N–H and O–H groups in total. The Hall–Kier alpha value is -3.52. The van der Waals surface area contributed by atoms with Gasteiger partial charge in [-0.15, -0.1) is 0 Å². The summed E-state index contributed by atoms with van der Waals surface area (Å²) in [5.41, 5.74) is 2.66. The van der Waals surface area contributed by atoms with Gasteiger partial charge >= 0.3 is 0 Å². The average Bonchev–Trinajstić information content (AvgIpc) is 3.19. The molecule has 8 nitrogen and oxygen atoms in total. The van der Waals surface area contributed by atoms with Gasteiger partial charge in [-0.1, -0.05) is 0 Å². The van der Waals surface area contributed by atoms with Crippen LogP contribution < -0.4 is 9.64 Å². The zero-order valence-corrected chi connectivity index (χ0v) is 15.8. The van der Waals surface area contributed by atoms with Gasteiger partial charge in [0.1, 0.15) is 28.5 Å². The summed E-state index contributed by atoms with van der Waals surface area (Å²) >= 11 is 0. The normalized spacial score (nSPS) is 17.8. The molecular formula is C21H19N3O5. The summed E-state index contributed by atoms with van der Waals surface area (Å²) in [6.45, 7) is 2.87. The number of aromatic nitrogens is 2. The van der Waals surface area contributed by atoms with Crippen molar-refractivity contribution in [2.24, 2.45) is 7.05 Å². The van der Waals surface area contributed by atoms with Crippen molar-refractivity contribution in [1.82, 2.24) is 9.55 Å². The molecular weight excluding hydrogens is 374 g/mol. The van der Waals surface area contributed by atoms with E-state index >= 15 is 0 Å². The lowest BCUT2D eigenvalue weighted by Gasteiger charge is -2.29. The molecule has 1 aromatic carbocycles. The number of aryl methyl sites for hydroxylation is 1. The second-order valence-electron chi connectivity index (χ2n) is 7.10. The van der Waals surface area contributed by atoms with Crippen molar-refractivity contribution in [2.75, 3.05) is 31.2 Å². The molecule has 0 aliphatic carbocycles. The number of carbonyl (C=O) groups is 1. The van der Waals surface area contributed by atoms with Crippen LogP contribution in [-0.2, 0) is 11.8 Å². The first kappa shape index (κ1) is 17.6. The zero-order valence-electron chi connectivity index (χ0n) is 15.8. The first-order valence-electron chi connectivity index (χ1n) is 9.30. The Morgan fingerprint density at radius 1 is 1.21 bits per heavy atom. The summed E-state index contributed by atoms with van der Waals surface area (Å²) < 4.78 is 13.0. The van der Waals surface area contributed by atoms with Crippen LogP contribution in [0.4, 0.5) is 5.69 Å². The Balaban J connectivity index is 1.63. The molecule has 4 heterocycles. The number of nitrogens with zero attached hydrogens (tertiary/aromatic N) is 3. The number of carbonyl (C=O) groups excluding carboxylic acids is 1. The molecule has 0 atom stereocenters. The van der Waals surface area contributed by atoms with E-state index in [0.29, 0.717) is 13.2 Å². The largest absolute Gasteiger partial charge is 0.508 e. The lowest BCUT2D eigenvalue weighted by Crippen LogP contribution is -2.36. The first-order valence-corrected chi connectivity index (χ1v) is 9.30. The van der Waals surface area contributed by atoms with Crippen molar-refractivity contribution in [3.8, 4) is 17.2 Å². The second kappa shape index (κ2) is 6.52. The van der Waals surface area contributed by atoms with Gasteiger partial charge in [-0.2, -0.15) is 0 Å². The van der Waals surface area contributed by atoms with Gasteiger partial charge in [-0.25, -0.2) is 4.98 Å². The Morgan fingerprint density at radius 3 is 2.79 bits per heavy atom. The lowest BCUT2D eigenvalue weighted by molar-refractivity contribution is 0.101. The van der Waals surface area contributed by atoms with E-state index in [0.717, 1.165) is 41.4 Å². The molecule has 0 radical (unpaired) electrons. The van der Waals surface area contributed by atoms with E-state index in [-0.39, 0.29) is 28.6 Å². The van der Waals surface area contributed by atoms with Crippen LogP contribution in [0.5, 0.6) is 17.2 Å². The first-order chi connectivity index (χ1) is 14.0. The van der Waals surface area contributed by atoms with Gasteiger partial charge in [0.15, 0.2) is 5.76 Å². The van der Waals surface area contributed by atoms with Gasteiger partial charge in [0, 0.05) is 55.6 Å². The van der Waals surface area contributed by atoms with Crippen molar-refractivity contribution >= 4 is 28.6 Å². The van der Waals surface area contributed by atoms with E-state index in [1.165, 1.54) is 6.07 Å². The minimum atomic E-state index is -0.425.